The van der Waals surface area contributed by atoms with Gasteiger partial charge < -0.3 is 19.3 Å². The van der Waals surface area contributed by atoms with Crippen molar-refractivity contribution in [3.05, 3.63) is 54.4 Å². The lowest BCUT2D eigenvalue weighted by atomic mass is 9.79. The molecule has 9 nitrogen and oxygen atoms in total. The van der Waals surface area contributed by atoms with Crippen molar-refractivity contribution in [3.63, 3.8) is 0 Å². The molecule has 3 fully saturated rings. The fraction of sp³-hybridized carbons (Fsp3) is 0.559. The summed E-state index contributed by atoms with van der Waals surface area (Å²) in [6.07, 6.45) is 7.77. The number of hydrogen-bond acceptors (Lipinski definition) is 6. The minimum atomic E-state index is -0.255. The number of hydrogen-bond donors (Lipinski definition) is 0. The predicted molar refractivity (Wildman–Crippen MR) is 170 cm³/mol. The van der Waals surface area contributed by atoms with E-state index in [1.165, 1.54) is 16.8 Å². The average molecular weight is 588 g/mol. The highest BCUT2D eigenvalue weighted by Crippen LogP contribution is 2.38. The van der Waals surface area contributed by atoms with Crippen molar-refractivity contribution in [2.75, 3.05) is 72.0 Å². The first-order chi connectivity index (χ1) is 20.8. The number of piperazine rings is 1. The number of aromatic nitrogens is 2. The van der Waals surface area contributed by atoms with Crippen LogP contribution in [0.15, 0.2) is 48.8 Å². The van der Waals surface area contributed by atoms with Gasteiger partial charge in [0.15, 0.2) is 6.04 Å². The van der Waals surface area contributed by atoms with Gasteiger partial charge in [0.1, 0.15) is 13.8 Å². The van der Waals surface area contributed by atoms with Gasteiger partial charge in [-0.1, -0.05) is 24.3 Å². The van der Waals surface area contributed by atoms with E-state index in [1.54, 1.807) is 7.11 Å². The smallest absolute Gasteiger partial charge is 0.226 e. The van der Waals surface area contributed by atoms with Crippen LogP contribution in [0.3, 0.4) is 0 Å². The summed E-state index contributed by atoms with van der Waals surface area (Å²) in [4.78, 5) is 20.0. The lowest BCUT2D eigenvalue weighted by Gasteiger charge is -2.43. The number of fused-ring (bicyclic) bond motifs is 1. The monoisotopic (exact) mass is 587 g/mol. The molecule has 4 heterocycles. The van der Waals surface area contributed by atoms with Crippen LogP contribution < -0.4 is 4.90 Å². The van der Waals surface area contributed by atoms with Crippen molar-refractivity contribution in [3.8, 4) is 11.1 Å². The Kier molecular flexibility index (Phi) is 8.58. The number of rotatable bonds is 9. The number of likely N-dealkylation sites (tertiary alicyclic amines) is 1. The van der Waals surface area contributed by atoms with Gasteiger partial charge in [0, 0.05) is 90.3 Å². The molecule has 43 heavy (non-hydrogen) atoms. The molecule has 2 saturated heterocycles. The van der Waals surface area contributed by atoms with Crippen LogP contribution in [0.4, 0.5) is 5.69 Å². The normalized spacial score (nSPS) is 23.3. The maximum atomic E-state index is 13.0. The maximum absolute atomic E-state index is 13.0. The number of carbonyl (C=O) groups is 1. The van der Waals surface area contributed by atoms with Gasteiger partial charge in [0.2, 0.25) is 5.91 Å². The van der Waals surface area contributed by atoms with Gasteiger partial charge >= 0.3 is 0 Å². The summed E-state index contributed by atoms with van der Waals surface area (Å²) >= 11 is 0. The van der Waals surface area contributed by atoms with Crippen molar-refractivity contribution >= 4 is 23.8 Å². The van der Waals surface area contributed by atoms with Gasteiger partial charge in [-0.3, -0.25) is 9.69 Å². The van der Waals surface area contributed by atoms with E-state index in [1.807, 2.05) is 29.4 Å². The Bertz CT molecular complexity index is 1430. The third-order valence-electron chi connectivity index (χ3n) is 10.3. The molecule has 3 aliphatic rings. The standard InChI is InChI=1S/C34H47N6O3/c1-25(24-42-4)37-14-11-34(43-5,12-15-37)29-8-6-26(7-9-29)28-22-32-31(10-13-35-40(32)23-28)38-16-18-39(19-17-38)33(41)27-20-30(21-27)36(2)3/h6-10,13,22-23,25,27,30H,2,11-12,14-21,24H2,1,3-5H3/q+1/t25-,27?,30?/m1/s1. The Balaban J connectivity index is 1.12. The Labute approximate surface area is 255 Å². The van der Waals surface area contributed by atoms with E-state index in [4.69, 9.17) is 9.47 Å². The predicted octanol–water partition coefficient (Wildman–Crippen LogP) is 3.74. The second-order valence-corrected chi connectivity index (χ2v) is 12.8. The van der Waals surface area contributed by atoms with Crippen LogP contribution in [0.25, 0.3) is 16.6 Å². The Hall–Kier alpha value is -3.27. The molecule has 1 aliphatic carbocycles. The van der Waals surface area contributed by atoms with Crippen molar-refractivity contribution in [1.82, 2.24) is 19.4 Å². The molecule has 0 radical (unpaired) electrons. The van der Waals surface area contributed by atoms with Gasteiger partial charge in [-0.25, -0.2) is 9.09 Å². The van der Waals surface area contributed by atoms with Crippen molar-refractivity contribution in [2.24, 2.45) is 5.92 Å². The van der Waals surface area contributed by atoms with E-state index in [0.29, 0.717) is 18.0 Å². The summed E-state index contributed by atoms with van der Waals surface area (Å²) in [5.74, 6) is 0.469. The molecule has 0 N–H and O–H groups in total. The number of amides is 1. The first-order valence-electron chi connectivity index (χ1n) is 15.8. The molecule has 0 bridgehead atoms. The number of methoxy groups -OCH3 is 2. The molecule has 1 saturated carbocycles. The Morgan fingerprint density at radius 3 is 2.37 bits per heavy atom. The summed E-state index contributed by atoms with van der Waals surface area (Å²) in [7, 11) is 5.61. The highest BCUT2D eigenvalue weighted by atomic mass is 16.5. The van der Waals surface area contributed by atoms with E-state index in [2.05, 4.69) is 76.0 Å². The third kappa shape index (κ3) is 5.82. The number of benzene rings is 1. The Morgan fingerprint density at radius 2 is 1.74 bits per heavy atom. The molecule has 1 amide bonds. The summed E-state index contributed by atoms with van der Waals surface area (Å²) in [5.41, 5.74) is 5.55. The lowest BCUT2D eigenvalue weighted by molar-refractivity contribution is -0.546. The van der Waals surface area contributed by atoms with Crippen LogP contribution >= 0.6 is 0 Å². The summed E-state index contributed by atoms with van der Waals surface area (Å²) in [6.45, 7) is 12.1. The minimum Gasteiger partial charge on any atom is -0.383 e. The molecule has 9 heteroatoms. The Morgan fingerprint density at radius 1 is 1.05 bits per heavy atom. The number of ether oxygens (including phenoxy) is 2. The van der Waals surface area contributed by atoms with Crippen molar-refractivity contribution < 1.29 is 18.8 Å². The van der Waals surface area contributed by atoms with Crippen LogP contribution in [-0.4, -0.2) is 116 Å². The molecule has 3 aromatic rings. The first kappa shape index (κ1) is 29.8. The second-order valence-electron chi connectivity index (χ2n) is 12.8. The molecule has 1 atom stereocenters. The van der Waals surface area contributed by atoms with E-state index < -0.39 is 0 Å². The van der Waals surface area contributed by atoms with Crippen LogP contribution in [-0.2, 0) is 19.9 Å². The molecule has 230 valence electrons. The van der Waals surface area contributed by atoms with Gasteiger partial charge in [-0.2, -0.15) is 5.10 Å². The maximum Gasteiger partial charge on any atom is 0.226 e. The van der Waals surface area contributed by atoms with E-state index >= 15 is 0 Å². The van der Waals surface area contributed by atoms with E-state index in [0.717, 1.165) is 82.6 Å². The molecule has 6 rings (SSSR count). The molecule has 0 spiro atoms. The van der Waals surface area contributed by atoms with E-state index in [9.17, 15) is 4.79 Å². The molecule has 0 unspecified atom stereocenters. The van der Waals surface area contributed by atoms with Gasteiger partial charge in [0.05, 0.1) is 29.3 Å². The zero-order valence-corrected chi connectivity index (χ0v) is 26.2. The third-order valence-corrected chi connectivity index (χ3v) is 10.3. The fourth-order valence-corrected chi connectivity index (χ4v) is 7.25. The zero-order valence-electron chi connectivity index (χ0n) is 26.2. The zero-order chi connectivity index (χ0) is 30.1. The summed E-state index contributed by atoms with van der Waals surface area (Å²) < 4.78 is 15.5. The van der Waals surface area contributed by atoms with Crippen LogP contribution in [0.1, 0.15) is 38.2 Å². The molecule has 2 aliphatic heterocycles. The average Bonchev–Trinajstić information content (AvgIpc) is 3.45. The van der Waals surface area contributed by atoms with E-state index in [-0.39, 0.29) is 11.5 Å². The quantitative estimate of drug-likeness (QED) is 0.281. The fourth-order valence-electron chi connectivity index (χ4n) is 7.25. The topological polar surface area (TPSA) is 65.6 Å². The van der Waals surface area contributed by atoms with Crippen LogP contribution in [0.5, 0.6) is 0 Å². The summed E-state index contributed by atoms with van der Waals surface area (Å²) in [5, 5.41) is 4.62. The van der Waals surface area contributed by atoms with Gasteiger partial charge in [-0.05, 0) is 43.0 Å². The highest BCUT2D eigenvalue weighted by Gasteiger charge is 2.42. The van der Waals surface area contributed by atoms with Gasteiger partial charge in [-0.15, -0.1) is 0 Å². The lowest BCUT2D eigenvalue weighted by Crippen LogP contribution is -2.53. The number of nitrogens with zero attached hydrogens (tertiary/aromatic N) is 6. The molecule has 1 aromatic carbocycles. The summed E-state index contributed by atoms with van der Waals surface area (Å²) in [6, 6.07) is 14.1. The number of carbonyl (C=O) groups excluding carboxylic acids is 1. The molecule has 2 aromatic heterocycles. The highest BCUT2D eigenvalue weighted by molar-refractivity contribution is 5.82. The minimum absolute atomic E-state index is 0.157. The number of piperidine rings is 1. The second kappa shape index (κ2) is 12.4. The largest absolute Gasteiger partial charge is 0.383 e. The number of anilines is 1. The van der Waals surface area contributed by atoms with Crippen LogP contribution in [0, 0.1) is 5.92 Å². The first-order valence-corrected chi connectivity index (χ1v) is 15.8. The van der Waals surface area contributed by atoms with Crippen molar-refractivity contribution in [1.29, 1.82) is 0 Å². The molecular formula is C34H47N6O3+. The van der Waals surface area contributed by atoms with Crippen molar-refractivity contribution in [2.45, 2.75) is 50.3 Å². The SMILES string of the molecule is C=[N+](C)C1CC(C(=O)N2CCN(c3ccnn4cc(-c5ccc(C6(OC)CCN([C@H](C)COC)CC6)cc5)cc34)CC2)C1. The van der Waals surface area contributed by atoms with Crippen LogP contribution in [0.2, 0.25) is 0 Å². The van der Waals surface area contributed by atoms with Gasteiger partial charge in [0.25, 0.3) is 0 Å². The molecular weight excluding hydrogens is 540 g/mol.